The van der Waals surface area contributed by atoms with Gasteiger partial charge in [-0.15, -0.1) is 0 Å². The molecule has 0 spiro atoms. The Balaban J connectivity index is 3.18. The Bertz CT molecular complexity index is 755. The molecule has 8 nitrogen and oxygen atoms in total. The van der Waals surface area contributed by atoms with E-state index >= 15 is 0 Å². The molecule has 0 heterocycles. The van der Waals surface area contributed by atoms with Crippen molar-refractivity contribution in [3.05, 3.63) is 24.3 Å². The van der Waals surface area contributed by atoms with Crippen molar-refractivity contribution in [1.29, 1.82) is 0 Å². The second-order valence-corrected chi connectivity index (χ2v) is 9.06. The van der Waals surface area contributed by atoms with Crippen molar-refractivity contribution in [2.45, 2.75) is 11.8 Å². The van der Waals surface area contributed by atoms with Crippen LogP contribution in [0.2, 0.25) is 0 Å². The molecule has 1 amide bonds. The van der Waals surface area contributed by atoms with Crippen molar-refractivity contribution in [2.75, 3.05) is 37.7 Å². The highest BCUT2D eigenvalue weighted by atomic mass is 32.2. The molecule has 1 N–H and O–H groups in total. The molecular weight excluding hydrogens is 342 g/mol. The summed E-state index contributed by atoms with van der Waals surface area (Å²) in [6, 6.07) is 5.33. The van der Waals surface area contributed by atoms with E-state index in [-0.39, 0.29) is 17.1 Å². The molecule has 0 aromatic heterocycles. The number of rotatable bonds is 7. The van der Waals surface area contributed by atoms with Crippen LogP contribution in [0.3, 0.4) is 0 Å². The molecule has 0 bridgehead atoms. The minimum atomic E-state index is -3.68. The van der Waals surface area contributed by atoms with Gasteiger partial charge in [-0.05, 0) is 31.2 Å². The molecule has 0 atom stereocenters. The van der Waals surface area contributed by atoms with Gasteiger partial charge in [0.1, 0.15) is 6.54 Å². The topological polar surface area (TPSA) is 104 Å². The van der Waals surface area contributed by atoms with Gasteiger partial charge in [-0.1, -0.05) is 0 Å². The third kappa shape index (κ3) is 4.91. The predicted molar refractivity (Wildman–Crippen MR) is 88.2 cm³/mol. The zero-order chi connectivity index (χ0) is 17.8. The van der Waals surface area contributed by atoms with Crippen LogP contribution < -0.4 is 9.62 Å². The lowest BCUT2D eigenvalue weighted by Gasteiger charge is -2.22. The standard InChI is InChI=1S/C13H21N3O5S2/c1-5-14-13(17)10-16(22(4,18)19)11-6-8-12(9-7-11)23(20,21)15(2)3/h6-9H,5,10H2,1-4H3,(H,14,17). The number of carbonyl (C=O) groups is 1. The first-order valence-electron chi connectivity index (χ1n) is 6.77. The lowest BCUT2D eigenvalue weighted by Crippen LogP contribution is -2.40. The molecule has 0 fully saturated rings. The lowest BCUT2D eigenvalue weighted by atomic mass is 10.3. The van der Waals surface area contributed by atoms with Crippen LogP contribution in [-0.4, -0.2) is 60.5 Å². The van der Waals surface area contributed by atoms with E-state index in [0.29, 0.717) is 6.54 Å². The van der Waals surface area contributed by atoms with Crippen LogP contribution in [0.15, 0.2) is 29.2 Å². The number of hydrogen-bond donors (Lipinski definition) is 1. The maximum Gasteiger partial charge on any atom is 0.242 e. The molecule has 10 heteroatoms. The van der Waals surface area contributed by atoms with Crippen LogP contribution in [-0.2, 0) is 24.8 Å². The molecule has 0 saturated carbocycles. The van der Waals surface area contributed by atoms with Crippen LogP contribution in [0.5, 0.6) is 0 Å². The number of likely N-dealkylation sites (N-methyl/N-ethyl adjacent to an activating group) is 1. The van der Waals surface area contributed by atoms with Gasteiger partial charge in [-0.25, -0.2) is 21.1 Å². The number of benzene rings is 1. The molecule has 1 aromatic rings. The summed E-state index contributed by atoms with van der Waals surface area (Å²) in [6.07, 6.45) is 0.983. The molecule has 0 aliphatic heterocycles. The minimum Gasteiger partial charge on any atom is -0.355 e. The second-order valence-electron chi connectivity index (χ2n) is 5.00. The van der Waals surface area contributed by atoms with Gasteiger partial charge in [0.15, 0.2) is 0 Å². The summed E-state index contributed by atoms with van der Waals surface area (Å²) in [5, 5.41) is 2.52. The molecule has 0 aliphatic rings. The van der Waals surface area contributed by atoms with Crippen molar-refractivity contribution in [2.24, 2.45) is 0 Å². The maximum absolute atomic E-state index is 12.0. The van der Waals surface area contributed by atoms with Gasteiger partial charge in [0.05, 0.1) is 16.8 Å². The summed E-state index contributed by atoms with van der Waals surface area (Å²) in [5.41, 5.74) is 0.219. The summed E-state index contributed by atoms with van der Waals surface area (Å²) >= 11 is 0. The van der Waals surface area contributed by atoms with Crippen LogP contribution in [0, 0.1) is 0 Å². The second kappa shape index (κ2) is 7.28. The van der Waals surface area contributed by atoms with Gasteiger partial charge in [-0.3, -0.25) is 9.10 Å². The highest BCUT2D eigenvalue weighted by molar-refractivity contribution is 7.92. The van der Waals surface area contributed by atoms with Gasteiger partial charge in [0.25, 0.3) is 0 Å². The number of hydrogen-bond acceptors (Lipinski definition) is 5. The maximum atomic E-state index is 12.0. The SMILES string of the molecule is CCNC(=O)CN(c1ccc(S(=O)(=O)N(C)C)cc1)S(C)(=O)=O. The normalized spacial score (nSPS) is 12.2. The molecule has 0 radical (unpaired) electrons. The monoisotopic (exact) mass is 363 g/mol. The molecule has 0 aliphatic carbocycles. The van der Waals surface area contributed by atoms with Crippen molar-refractivity contribution >= 4 is 31.6 Å². The minimum absolute atomic E-state index is 0.0395. The molecule has 1 rings (SSSR count). The fourth-order valence-corrected chi connectivity index (χ4v) is 3.54. The Morgan fingerprint density at radius 3 is 2.00 bits per heavy atom. The lowest BCUT2D eigenvalue weighted by molar-refractivity contribution is -0.119. The Hall–Kier alpha value is -1.65. The number of nitrogens with one attached hydrogen (secondary N) is 1. The summed E-state index contributed by atoms with van der Waals surface area (Å²) in [7, 11) is -4.48. The van der Waals surface area contributed by atoms with E-state index in [9.17, 15) is 21.6 Å². The van der Waals surface area contributed by atoms with Crippen molar-refractivity contribution < 1.29 is 21.6 Å². The van der Waals surface area contributed by atoms with E-state index in [4.69, 9.17) is 0 Å². The van der Waals surface area contributed by atoms with Crippen molar-refractivity contribution in [3.63, 3.8) is 0 Å². The van der Waals surface area contributed by atoms with Crippen LogP contribution in [0.25, 0.3) is 0 Å². The Morgan fingerprint density at radius 2 is 1.61 bits per heavy atom. The van der Waals surface area contributed by atoms with Crippen LogP contribution in [0.4, 0.5) is 5.69 Å². The fourth-order valence-electron chi connectivity index (χ4n) is 1.78. The molecule has 23 heavy (non-hydrogen) atoms. The van der Waals surface area contributed by atoms with Crippen molar-refractivity contribution in [1.82, 2.24) is 9.62 Å². The number of sulfonamides is 2. The molecule has 0 unspecified atom stereocenters. The van der Waals surface area contributed by atoms with Gasteiger partial charge >= 0.3 is 0 Å². The van der Waals surface area contributed by atoms with Gasteiger partial charge in [0.2, 0.25) is 26.0 Å². The fraction of sp³-hybridized carbons (Fsp3) is 0.462. The third-order valence-electron chi connectivity index (χ3n) is 2.96. The van der Waals surface area contributed by atoms with E-state index in [0.717, 1.165) is 14.9 Å². The van der Waals surface area contributed by atoms with E-state index in [1.807, 2.05) is 0 Å². The van der Waals surface area contributed by atoms with E-state index in [2.05, 4.69) is 5.32 Å². The third-order valence-corrected chi connectivity index (χ3v) is 5.93. The average Bonchev–Trinajstić information content (AvgIpc) is 2.44. The summed E-state index contributed by atoms with van der Waals surface area (Å²) in [6.45, 7) is 1.74. The van der Waals surface area contributed by atoms with Crippen LogP contribution in [0.1, 0.15) is 6.92 Å². The largest absolute Gasteiger partial charge is 0.355 e. The van der Waals surface area contributed by atoms with Gasteiger partial charge in [-0.2, -0.15) is 0 Å². The zero-order valence-corrected chi connectivity index (χ0v) is 15.1. The first kappa shape index (κ1) is 19.4. The van der Waals surface area contributed by atoms with Crippen LogP contribution >= 0.6 is 0 Å². The molecular formula is C13H21N3O5S2. The molecule has 130 valence electrons. The summed E-state index contributed by atoms with van der Waals surface area (Å²) in [5.74, 6) is -0.442. The predicted octanol–water partition coefficient (Wildman–Crippen LogP) is -0.161. The Kier molecular flexibility index (Phi) is 6.14. The van der Waals surface area contributed by atoms with E-state index in [1.54, 1.807) is 6.92 Å². The van der Waals surface area contributed by atoms with E-state index < -0.39 is 26.0 Å². The van der Waals surface area contributed by atoms with E-state index in [1.165, 1.54) is 38.4 Å². The first-order chi connectivity index (χ1) is 10.5. The number of anilines is 1. The first-order valence-corrected chi connectivity index (χ1v) is 10.1. The quantitative estimate of drug-likeness (QED) is 0.725. The van der Waals surface area contributed by atoms with Gasteiger partial charge in [0, 0.05) is 20.6 Å². The highest BCUT2D eigenvalue weighted by Crippen LogP contribution is 2.21. The number of nitrogens with zero attached hydrogens (tertiary/aromatic N) is 2. The van der Waals surface area contributed by atoms with Gasteiger partial charge < -0.3 is 5.32 Å². The molecule has 1 aromatic carbocycles. The summed E-state index contributed by atoms with van der Waals surface area (Å²) < 4.78 is 49.7. The Labute approximate surface area is 137 Å². The Morgan fingerprint density at radius 1 is 1.09 bits per heavy atom. The number of carbonyl (C=O) groups excluding carboxylic acids is 1. The highest BCUT2D eigenvalue weighted by Gasteiger charge is 2.22. The smallest absolute Gasteiger partial charge is 0.242 e. The molecule has 0 saturated heterocycles. The average molecular weight is 363 g/mol. The number of amides is 1. The summed E-state index contributed by atoms with van der Waals surface area (Å²) in [4.78, 5) is 11.7. The van der Waals surface area contributed by atoms with Crippen molar-refractivity contribution in [3.8, 4) is 0 Å². The zero-order valence-electron chi connectivity index (χ0n) is 13.5.